The van der Waals surface area contributed by atoms with E-state index in [1.165, 1.54) is 26.2 Å². The van der Waals surface area contributed by atoms with Crippen LogP contribution >= 0.6 is 0 Å². The van der Waals surface area contributed by atoms with Crippen LogP contribution in [0.1, 0.15) is 57.1 Å². The molecule has 2 saturated heterocycles. The van der Waals surface area contributed by atoms with E-state index in [-0.39, 0.29) is 18.2 Å². The average Bonchev–Trinajstić information content (AvgIpc) is 3.42. The molecule has 0 aliphatic carbocycles. The summed E-state index contributed by atoms with van der Waals surface area (Å²) in [7, 11) is 0. The summed E-state index contributed by atoms with van der Waals surface area (Å²) in [6.07, 6.45) is 7.54. The monoisotopic (exact) mass is 545 g/mol. The Hall–Kier alpha value is -3.20. The predicted octanol–water partition coefficient (Wildman–Crippen LogP) is 3.94. The lowest BCUT2D eigenvalue weighted by molar-refractivity contribution is -0.137. The fourth-order valence-electron chi connectivity index (χ4n) is 6.62. The van der Waals surface area contributed by atoms with Gasteiger partial charge in [0.1, 0.15) is 17.3 Å². The highest BCUT2D eigenvalue weighted by Crippen LogP contribution is 2.35. The number of aromatic amines is 1. The molecule has 0 radical (unpaired) electrons. The smallest absolute Gasteiger partial charge is 0.240 e. The molecule has 8 nitrogen and oxygen atoms in total. The molecule has 40 heavy (non-hydrogen) atoms. The molecule has 3 heterocycles. The second-order valence-electron chi connectivity index (χ2n) is 11.2. The summed E-state index contributed by atoms with van der Waals surface area (Å²) >= 11 is 0. The molecule has 1 amide bonds. The number of amides is 1. The fourth-order valence-corrected chi connectivity index (χ4v) is 6.62. The van der Waals surface area contributed by atoms with Crippen LogP contribution in [0, 0.1) is 0 Å². The number of H-pyrrole nitrogens is 1. The van der Waals surface area contributed by atoms with Crippen LogP contribution in [0.25, 0.3) is 10.9 Å². The van der Waals surface area contributed by atoms with Gasteiger partial charge in [-0.1, -0.05) is 42.8 Å². The second-order valence-corrected chi connectivity index (χ2v) is 11.2. The molecule has 2 aliphatic rings. The molecule has 1 aromatic heterocycles. The third-order valence-corrected chi connectivity index (χ3v) is 8.79. The van der Waals surface area contributed by atoms with Crippen LogP contribution in [0.3, 0.4) is 0 Å². The molecule has 2 aromatic carbocycles. The summed E-state index contributed by atoms with van der Waals surface area (Å²) in [5, 5.41) is 3.99. The van der Waals surface area contributed by atoms with E-state index >= 15 is 0 Å². The van der Waals surface area contributed by atoms with Crippen molar-refractivity contribution in [3.8, 4) is 5.75 Å². The van der Waals surface area contributed by atoms with Crippen molar-refractivity contribution in [3.05, 3.63) is 65.9 Å². The van der Waals surface area contributed by atoms with Crippen molar-refractivity contribution >= 4 is 22.6 Å². The first kappa shape index (κ1) is 28.3. The van der Waals surface area contributed by atoms with Crippen LogP contribution in [0.15, 0.2) is 54.7 Å². The molecule has 0 bridgehead atoms. The summed E-state index contributed by atoms with van der Waals surface area (Å²) in [6, 6.07) is 15.2. The zero-order valence-corrected chi connectivity index (χ0v) is 23.8. The summed E-state index contributed by atoms with van der Waals surface area (Å²) in [5.74, 6) is 0.266. The maximum Gasteiger partial charge on any atom is 0.240 e. The van der Waals surface area contributed by atoms with Crippen molar-refractivity contribution in [2.75, 3.05) is 32.8 Å². The number of hydrogen-bond acceptors (Lipinski definition) is 6. The van der Waals surface area contributed by atoms with Gasteiger partial charge in [-0.15, -0.1) is 0 Å². The Kier molecular flexibility index (Phi) is 8.88. The minimum absolute atomic E-state index is 0.231. The van der Waals surface area contributed by atoms with Crippen LogP contribution in [0.5, 0.6) is 5.75 Å². The lowest BCUT2D eigenvalue weighted by Gasteiger charge is -2.46. The average molecular weight is 546 g/mol. The van der Waals surface area contributed by atoms with Gasteiger partial charge < -0.3 is 25.7 Å². The number of ketones is 1. The number of fused-ring (bicyclic) bond motifs is 1. The first-order chi connectivity index (χ1) is 19.4. The van der Waals surface area contributed by atoms with Gasteiger partial charge in [-0.2, -0.15) is 0 Å². The van der Waals surface area contributed by atoms with Crippen LogP contribution < -0.4 is 15.8 Å². The van der Waals surface area contributed by atoms with Crippen molar-refractivity contribution in [1.82, 2.24) is 20.1 Å². The number of ether oxygens (including phenoxy) is 1. The standard InChI is InChI=1S/C32H43N5O3/c1-3-40-29-14-8-5-11-24(29)21-35-31(39)30(37-19-15-25(16-20-37)36-17-9-4-10-18-36)32(33,23(2)38)27-22-34-28-13-7-6-12-26(27)28/h5-8,11-14,22,25,30,34H,3-4,9-10,15-21,33H2,1-2H3,(H,35,39). The van der Waals surface area contributed by atoms with Crippen LogP contribution in [-0.2, 0) is 21.7 Å². The van der Waals surface area contributed by atoms with E-state index in [9.17, 15) is 9.59 Å². The highest BCUT2D eigenvalue weighted by atomic mass is 16.5. The van der Waals surface area contributed by atoms with Gasteiger partial charge in [0.15, 0.2) is 5.78 Å². The van der Waals surface area contributed by atoms with Gasteiger partial charge in [-0.3, -0.25) is 14.5 Å². The molecule has 2 atom stereocenters. The molecule has 2 aliphatic heterocycles. The number of carbonyl (C=O) groups is 2. The highest BCUT2D eigenvalue weighted by molar-refractivity contribution is 6.00. The maximum absolute atomic E-state index is 14.2. The summed E-state index contributed by atoms with van der Waals surface area (Å²) in [6.45, 7) is 8.00. The lowest BCUT2D eigenvalue weighted by Crippen LogP contribution is -2.67. The van der Waals surface area contributed by atoms with E-state index in [0.29, 0.717) is 31.3 Å². The molecule has 214 valence electrons. The van der Waals surface area contributed by atoms with E-state index in [0.717, 1.165) is 48.1 Å². The van der Waals surface area contributed by atoms with E-state index < -0.39 is 11.6 Å². The van der Waals surface area contributed by atoms with Crippen molar-refractivity contribution in [3.63, 3.8) is 0 Å². The number of Topliss-reactive ketones (excluding diaryl/α,β-unsaturated/α-hetero) is 1. The number of likely N-dealkylation sites (tertiary alicyclic amines) is 2. The van der Waals surface area contributed by atoms with Crippen LogP contribution in [0.2, 0.25) is 0 Å². The van der Waals surface area contributed by atoms with Crippen molar-refractivity contribution < 1.29 is 14.3 Å². The highest BCUT2D eigenvalue weighted by Gasteiger charge is 2.50. The number of carbonyl (C=O) groups excluding carboxylic acids is 2. The SMILES string of the molecule is CCOc1ccccc1CNC(=O)C(N1CCC(N2CCCCC2)CC1)C(N)(C(C)=O)c1c[nH]c2ccccc12. The minimum Gasteiger partial charge on any atom is -0.494 e. The number of nitrogens with zero attached hydrogens (tertiary/aromatic N) is 2. The number of nitrogens with one attached hydrogen (secondary N) is 2. The van der Waals surface area contributed by atoms with E-state index in [1.54, 1.807) is 6.20 Å². The van der Waals surface area contributed by atoms with E-state index in [4.69, 9.17) is 10.5 Å². The lowest BCUT2D eigenvalue weighted by atomic mass is 9.78. The summed E-state index contributed by atoms with van der Waals surface area (Å²) in [5.41, 5.74) is 8.07. The van der Waals surface area contributed by atoms with Gasteiger partial charge in [0, 0.05) is 53.9 Å². The number of nitrogens with two attached hydrogens (primary N) is 1. The third-order valence-electron chi connectivity index (χ3n) is 8.79. The Bertz CT molecular complexity index is 1310. The Balaban J connectivity index is 1.45. The maximum atomic E-state index is 14.2. The number of rotatable bonds is 10. The number of para-hydroxylation sites is 2. The van der Waals surface area contributed by atoms with Gasteiger partial charge >= 0.3 is 0 Å². The normalized spacial score (nSPS) is 19.7. The van der Waals surface area contributed by atoms with Crippen molar-refractivity contribution in [2.45, 2.75) is 70.1 Å². The third kappa shape index (κ3) is 5.66. The zero-order chi connectivity index (χ0) is 28.1. The Labute approximate surface area is 237 Å². The van der Waals surface area contributed by atoms with Crippen molar-refractivity contribution in [1.29, 1.82) is 0 Å². The zero-order valence-electron chi connectivity index (χ0n) is 23.8. The number of piperidine rings is 2. The molecule has 3 aromatic rings. The first-order valence-corrected chi connectivity index (χ1v) is 14.8. The van der Waals surface area contributed by atoms with Gasteiger partial charge in [-0.25, -0.2) is 0 Å². The fraction of sp³-hybridized carbons (Fsp3) is 0.500. The molecule has 2 unspecified atom stereocenters. The number of aromatic nitrogens is 1. The van der Waals surface area contributed by atoms with E-state index in [2.05, 4.69) is 20.1 Å². The van der Waals surface area contributed by atoms with E-state index in [1.807, 2.05) is 55.5 Å². The Morgan fingerprint density at radius 2 is 1.75 bits per heavy atom. The van der Waals surface area contributed by atoms with Crippen LogP contribution in [0.4, 0.5) is 0 Å². The van der Waals surface area contributed by atoms with Crippen molar-refractivity contribution in [2.24, 2.45) is 5.73 Å². The number of benzene rings is 2. The molecule has 8 heteroatoms. The molecule has 0 saturated carbocycles. The molecule has 5 rings (SSSR count). The molecular weight excluding hydrogens is 502 g/mol. The Morgan fingerprint density at radius 3 is 2.48 bits per heavy atom. The van der Waals surface area contributed by atoms with Gasteiger partial charge in [0.25, 0.3) is 0 Å². The topological polar surface area (TPSA) is 104 Å². The molecule has 4 N–H and O–H groups in total. The van der Waals surface area contributed by atoms with Gasteiger partial charge in [-0.05, 0) is 64.8 Å². The summed E-state index contributed by atoms with van der Waals surface area (Å²) < 4.78 is 5.78. The van der Waals surface area contributed by atoms with Gasteiger partial charge in [0.2, 0.25) is 5.91 Å². The largest absolute Gasteiger partial charge is 0.494 e. The molecular formula is C32H43N5O3. The Morgan fingerprint density at radius 1 is 1.05 bits per heavy atom. The van der Waals surface area contributed by atoms with Crippen LogP contribution in [-0.4, -0.2) is 71.3 Å². The molecule has 0 spiro atoms. The quantitative estimate of drug-likeness (QED) is 0.357. The number of hydrogen-bond donors (Lipinski definition) is 3. The minimum atomic E-state index is -1.53. The first-order valence-electron chi connectivity index (χ1n) is 14.8. The molecule has 2 fully saturated rings. The second kappa shape index (κ2) is 12.5. The predicted molar refractivity (Wildman–Crippen MR) is 158 cm³/mol. The van der Waals surface area contributed by atoms with Gasteiger partial charge in [0.05, 0.1) is 6.61 Å². The summed E-state index contributed by atoms with van der Waals surface area (Å²) in [4.78, 5) is 35.8.